The minimum absolute atomic E-state index is 0.0371. The van der Waals surface area contributed by atoms with E-state index in [9.17, 15) is 44.5 Å². The molecule has 236 valence electrons. The molecule has 4 aliphatic rings. The Morgan fingerprint density at radius 3 is 2.22 bits per heavy atom. The zero-order valence-electron chi connectivity index (χ0n) is 25.2. The van der Waals surface area contributed by atoms with Crippen LogP contribution in [-0.4, -0.2) is 59.5 Å². The second-order valence-corrected chi connectivity index (χ2v) is 11.9. The summed E-state index contributed by atoms with van der Waals surface area (Å²) in [6.07, 6.45) is 3.00. The summed E-state index contributed by atoms with van der Waals surface area (Å²) in [5.41, 5.74) is -0.466. The molecule has 0 radical (unpaired) electrons. The van der Waals surface area contributed by atoms with Crippen LogP contribution in [0.1, 0.15) is 31.2 Å². The first kappa shape index (κ1) is 30.4. The van der Waals surface area contributed by atoms with Gasteiger partial charge in [-0.1, -0.05) is 11.6 Å². The number of allylic oxidation sites excluding steroid dienone is 6. The van der Waals surface area contributed by atoms with Crippen molar-refractivity contribution < 1.29 is 38.9 Å². The molecule has 2 aromatic rings. The third-order valence-electron chi connectivity index (χ3n) is 9.26. The van der Waals surface area contributed by atoms with Gasteiger partial charge in [0.15, 0.2) is 17.3 Å². The number of anilines is 2. The number of imide groups is 1. The molecule has 1 fully saturated rings. The summed E-state index contributed by atoms with van der Waals surface area (Å²) in [6.45, 7) is 1.53. The van der Waals surface area contributed by atoms with Crippen LogP contribution in [0.3, 0.4) is 0 Å². The Labute approximate surface area is 261 Å². The molecular formula is C32H28N4O10. The topological polar surface area (TPSA) is 190 Å². The largest absolute Gasteiger partial charge is 0.508 e. The summed E-state index contributed by atoms with van der Waals surface area (Å²) in [6, 6.07) is 6.45. The number of carbonyl (C=O) groups is 4. The molecule has 1 N–H and O–H groups in total. The van der Waals surface area contributed by atoms with Crippen LogP contribution in [0.25, 0.3) is 0 Å². The van der Waals surface area contributed by atoms with Crippen molar-refractivity contribution in [1.82, 2.24) is 0 Å². The van der Waals surface area contributed by atoms with Crippen LogP contribution in [0.15, 0.2) is 64.8 Å². The summed E-state index contributed by atoms with van der Waals surface area (Å²) < 4.78 is 5.37. The maximum Gasteiger partial charge on any atom is 0.301 e. The number of ketones is 2. The van der Waals surface area contributed by atoms with Crippen molar-refractivity contribution in [2.45, 2.75) is 25.7 Å². The maximum atomic E-state index is 14.2. The molecule has 14 nitrogen and oxygen atoms in total. The lowest BCUT2D eigenvalue weighted by molar-refractivity contribution is -0.392. The number of Topliss-reactive ketones (excluding diaryl/α,β-unsaturated/α-hetero) is 1. The number of rotatable bonds is 6. The number of ether oxygens (including phenoxy) is 1. The van der Waals surface area contributed by atoms with Gasteiger partial charge < -0.3 is 14.7 Å². The fourth-order valence-corrected chi connectivity index (χ4v) is 7.32. The smallest absolute Gasteiger partial charge is 0.301 e. The number of phenols is 1. The summed E-state index contributed by atoms with van der Waals surface area (Å²) in [5, 5.41) is 35.0. The summed E-state index contributed by atoms with van der Waals surface area (Å²) in [5.74, 6) is -5.65. The molecule has 1 saturated heterocycles. The number of nitro benzene ring substituents is 2. The number of carbonyl (C=O) groups excluding carboxylic acids is 4. The van der Waals surface area contributed by atoms with Gasteiger partial charge in [0.05, 0.1) is 34.5 Å². The average Bonchev–Trinajstić information content (AvgIpc) is 3.27. The van der Waals surface area contributed by atoms with E-state index < -0.39 is 62.5 Å². The van der Waals surface area contributed by atoms with Gasteiger partial charge in [0.25, 0.3) is 0 Å². The predicted octanol–water partition coefficient (Wildman–Crippen LogP) is 3.92. The number of methoxy groups -OCH3 is 1. The van der Waals surface area contributed by atoms with Gasteiger partial charge >= 0.3 is 11.4 Å². The van der Waals surface area contributed by atoms with Crippen LogP contribution in [-0.2, 0) is 19.2 Å². The van der Waals surface area contributed by atoms with Gasteiger partial charge in [0.2, 0.25) is 11.8 Å². The van der Waals surface area contributed by atoms with Crippen LogP contribution < -0.4 is 14.5 Å². The second kappa shape index (κ2) is 10.8. The Bertz CT molecular complexity index is 1870. The number of fused-ring (bicyclic) bond motifs is 3. The second-order valence-electron chi connectivity index (χ2n) is 11.9. The zero-order chi connectivity index (χ0) is 33.4. The van der Waals surface area contributed by atoms with Gasteiger partial charge in [-0.3, -0.25) is 39.4 Å². The van der Waals surface area contributed by atoms with Crippen LogP contribution >= 0.6 is 0 Å². The molecule has 3 aliphatic carbocycles. The molecule has 1 heterocycles. The number of amides is 2. The summed E-state index contributed by atoms with van der Waals surface area (Å²) in [4.78, 5) is 79.4. The first-order valence-corrected chi connectivity index (χ1v) is 14.4. The quantitative estimate of drug-likeness (QED) is 0.160. The lowest BCUT2D eigenvalue weighted by Gasteiger charge is -2.42. The minimum atomic E-state index is -1.04. The van der Waals surface area contributed by atoms with Crippen molar-refractivity contribution in [3.63, 3.8) is 0 Å². The van der Waals surface area contributed by atoms with E-state index in [1.165, 1.54) is 51.2 Å². The van der Waals surface area contributed by atoms with Crippen LogP contribution in [0.5, 0.6) is 11.5 Å². The summed E-state index contributed by atoms with van der Waals surface area (Å²) in [7, 11) is 4.24. The van der Waals surface area contributed by atoms with E-state index in [1.54, 1.807) is 12.1 Å². The van der Waals surface area contributed by atoms with Crippen LogP contribution in [0.2, 0.25) is 0 Å². The SMILES string of the molecule is COc1ccc(O)c([C@H]2C3=CC[C@@H]4C(=O)N(c5cc([N+](=O)[O-])c(N(C)C)c([N+](=O)[O-])c5)C(=O)[C@@H]4[C@@H]3CC3=C2C(=O)C(C)=CC3=O)c1. The standard InChI is InChI=1S/C32H28N4O10/c1-14-9-25(38)21-13-19-17(26(28(21)30(14)39)20-12-16(46-4)5-8-24(20)37)6-7-18-27(19)32(41)34(31(18)40)15-10-22(35(42)43)29(33(2)3)23(11-15)36(44)45/h5-6,8-12,18-19,26-27,37H,7,13H2,1-4H3/t18-,19+,26+,27-/m0/s1. The molecule has 14 heteroatoms. The molecule has 6 rings (SSSR count). The van der Waals surface area contributed by atoms with Crippen molar-refractivity contribution >= 4 is 46.1 Å². The molecule has 0 saturated carbocycles. The fraction of sp³-hybridized carbons (Fsp3) is 0.312. The molecule has 4 atom stereocenters. The van der Waals surface area contributed by atoms with E-state index >= 15 is 0 Å². The van der Waals surface area contributed by atoms with Gasteiger partial charge in [-0.05, 0) is 50.0 Å². The maximum absolute atomic E-state index is 14.2. The number of nitrogens with zero attached hydrogens (tertiary/aromatic N) is 4. The third kappa shape index (κ3) is 4.39. The monoisotopic (exact) mass is 628 g/mol. The minimum Gasteiger partial charge on any atom is -0.508 e. The number of aromatic hydroxyl groups is 1. The number of phenolic OH excluding ortho intramolecular Hbond substituents is 1. The molecule has 2 amide bonds. The normalized spacial score (nSPS) is 23.8. The number of hydrogen-bond acceptors (Lipinski definition) is 11. The Morgan fingerprint density at radius 2 is 1.63 bits per heavy atom. The molecule has 46 heavy (non-hydrogen) atoms. The van der Waals surface area contributed by atoms with E-state index in [-0.39, 0.29) is 58.0 Å². The van der Waals surface area contributed by atoms with E-state index in [0.29, 0.717) is 11.3 Å². The molecule has 1 aliphatic heterocycles. The van der Waals surface area contributed by atoms with Gasteiger partial charge in [-0.25, -0.2) is 4.90 Å². The summed E-state index contributed by atoms with van der Waals surface area (Å²) >= 11 is 0. The highest BCUT2D eigenvalue weighted by Crippen LogP contribution is 2.57. The van der Waals surface area contributed by atoms with Gasteiger partial charge in [0, 0.05) is 54.4 Å². The zero-order valence-corrected chi connectivity index (χ0v) is 25.2. The molecule has 0 unspecified atom stereocenters. The lowest BCUT2D eigenvalue weighted by Crippen LogP contribution is -2.39. The van der Waals surface area contributed by atoms with Crippen molar-refractivity contribution in [3.05, 3.63) is 90.6 Å². The van der Waals surface area contributed by atoms with Crippen molar-refractivity contribution in [1.29, 1.82) is 0 Å². The molecular weight excluding hydrogens is 600 g/mol. The Morgan fingerprint density at radius 1 is 0.978 bits per heavy atom. The first-order valence-electron chi connectivity index (χ1n) is 14.4. The number of hydrogen-bond donors (Lipinski definition) is 1. The third-order valence-corrected chi connectivity index (χ3v) is 9.26. The van der Waals surface area contributed by atoms with Crippen LogP contribution in [0.4, 0.5) is 22.7 Å². The van der Waals surface area contributed by atoms with Gasteiger partial charge in [0.1, 0.15) is 11.5 Å². The highest BCUT2D eigenvalue weighted by atomic mass is 16.6. The molecule has 0 bridgehead atoms. The lowest BCUT2D eigenvalue weighted by atomic mass is 9.59. The first-order chi connectivity index (χ1) is 21.8. The van der Waals surface area contributed by atoms with E-state index in [0.717, 1.165) is 17.0 Å². The molecule has 2 aromatic carbocycles. The highest BCUT2D eigenvalue weighted by molar-refractivity contribution is 6.25. The van der Waals surface area contributed by atoms with Crippen LogP contribution in [0, 0.1) is 38.0 Å². The Kier molecular flexibility index (Phi) is 7.10. The van der Waals surface area contributed by atoms with Gasteiger partial charge in [-0.15, -0.1) is 0 Å². The Hall–Kier alpha value is -5.66. The van der Waals surface area contributed by atoms with Crippen molar-refractivity contribution in [2.24, 2.45) is 17.8 Å². The number of nitro groups is 2. The Balaban J connectivity index is 1.50. The van der Waals surface area contributed by atoms with Gasteiger partial charge in [-0.2, -0.15) is 0 Å². The molecule has 0 spiro atoms. The predicted molar refractivity (Wildman–Crippen MR) is 163 cm³/mol. The molecule has 0 aromatic heterocycles. The fourth-order valence-electron chi connectivity index (χ4n) is 7.32. The average molecular weight is 629 g/mol. The van der Waals surface area contributed by atoms with Crippen molar-refractivity contribution in [2.75, 3.05) is 31.0 Å². The van der Waals surface area contributed by atoms with E-state index in [2.05, 4.69) is 0 Å². The van der Waals surface area contributed by atoms with E-state index in [1.807, 2.05) is 0 Å². The van der Waals surface area contributed by atoms with E-state index in [4.69, 9.17) is 4.74 Å². The van der Waals surface area contributed by atoms with Crippen molar-refractivity contribution in [3.8, 4) is 11.5 Å². The number of benzene rings is 2. The highest BCUT2D eigenvalue weighted by Gasteiger charge is 2.57.